The lowest BCUT2D eigenvalue weighted by Crippen LogP contribution is -2.55. The van der Waals surface area contributed by atoms with Crippen LogP contribution in [0.4, 0.5) is 0 Å². The van der Waals surface area contributed by atoms with E-state index in [9.17, 15) is 14.4 Å². The monoisotopic (exact) mass is 307 g/mol. The molecule has 0 unspecified atom stereocenters. The van der Waals surface area contributed by atoms with Crippen LogP contribution < -0.4 is 10.9 Å². The standard InChI is InChI=1S/C16H25N3O3/c1-6-8-9-16(22)19(17-14(20)10-12(3)4)18-15(21)11-13(5)7-2/h8-11H,6-7H2,1-5H3,(H,17,20)(H,18,21)/b9-8+,13-11+. The topological polar surface area (TPSA) is 78.5 Å². The summed E-state index contributed by atoms with van der Waals surface area (Å²) in [6.45, 7) is 9.12. The molecule has 0 aliphatic heterocycles. The largest absolute Gasteiger partial charge is 0.284 e. The Morgan fingerprint density at radius 2 is 1.50 bits per heavy atom. The van der Waals surface area contributed by atoms with E-state index in [-0.39, 0.29) is 0 Å². The van der Waals surface area contributed by atoms with Crippen molar-refractivity contribution in [1.82, 2.24) is 16.0 Å². The molecule has 0 radical (unpaired) electrons. The van der Waals surface area contributed by atoms with Gasteiger partial charge < -0.3 is 0 Å². The molecule has 0 aromatic heterocycles. The molecule has 0 atom stereocenters. The number of carbonyl (C=O) groups excluding carboxylic acids is 3. The Bertz CT molecular complexity index is 501. The second-order valence-electron chi connectivity index (χ2n) is 5.00. The van der Waals surface area contributed by atoms with E-state index >= 15 is 0 Å². The molecule has 0 rings (SSSR count). The number of nitrogens with one attached hydrogen (secondary N) is 2. The maximum atomic E-state index is 12.0. The lowest BCUT2D eigenvalue weighted by molar-refractivity contribution is -0.144. The highest BCUT2D eigenvalue weighted by Gasteiger charge is 2.15. The summed E-state index contributed by atoms with van der Waals surface area (Å²) in [7, 11) is 0. The van der Waals surface area contributed by atoms with Crippen LogP contribution in [0.3, 0.4) is 0 Å². The van der Waals surface area contributed by atoms with Crippen LogP contribution in [0.1, 0.15) is 47.5 Å². The van der Waals surface area contributed by atoms with E-state index in [2.05, 4.69) is 10.9 Å². The highest BCUT2D eigenvalue weighted by molar-refractivity contribution is 5.96. The van der Waals surface area contributed by atoms with Gasteiger partial charge in [-0.05, 0) is 33.6 Å². The normalized spacial score (nSPS) is 11.0. The van der Waals surface area contributed by atoms with Crippen molar-refractivity contribution < 1.29 is 14.4 Å². The highest BCUT2D eigenvalue weighted by atomic mass is 16.2. The van der Waals surface area contributed by atoms with Crippen molar-refractivity contribution in [1.29, 1.82) is 0 Å². The third kappa shape index (κ3) is 8.73. The van der Waals surface area contributed by atoms with Crippen molar-refractivity contribution in [2.24, 2.45) is 0 Å². The molecule has 3 amide bonds. The molecule has 0 aliphatic carbocycles. The van der Waals surface area contributed by atoms with E-state index in [0.29, 0.717) is 6.42 Å². The Balaban J connectivity index is 5.05. The molecule has 2 N–H and O–H groups in total. The molecule has 0 bridgehead atoms. The maximum absolute atomic E-state index is 12.0. The molecule has 0 saturated heterocycles. The molecule has 6 nitrogen and oxygen atoms in total. The first-order valence-electron chi connectivity index (χ1n) is 7.24. The second kappa shape index (κ2) is 10.4. The van der Waals surface area contributed by atoms with Gasteiger partial charge in [-0.3, -0.25) is 14.4 Å². The molecular weight excluding hydrogens is 282 g/mol. The van der Waals surface area contributed by atoms with Gasteiger partial charge in [0.2, 0.25) is 0 Å². The molecule has 0 fully saturated rings. The van der Waals surface area contributed by atoms with E-state index in [4.69, 9.17) is 0 Å². The molecule has 0 heterocycles. The minimum atomic E-state index is -0.534. The van der Waals surface area contributed by atoms with Crippen LogP contribution in [0.15, 0.2) is 35.5 Å². The van der Waals surface area contributed by atoms with Crippen LogP contribution in [-0.2, 0) is 14.4 Å². The molecule has 122 valence electrons. The van der Waals surface area contributed by atoms with Crippen LogP contribution in [0.5, 0.6) is 0 Å². The summed E-state index contributed by atoms with van der Waals surface area (Å²) >= 11 is 0. The SMILES string of the molecule is CC/C=C/C(=O)N(NC(=O)C=C(C)C)NC(=O)/C=C(\C)CC. The van der Waals surface area contributed by atoms with Crippen LogP contribution >= 0.6 is 0 Å². The predicted molar refractivity (Wildman–Crippen MR) is 86.0 cm³/mol. The quantitative estimate of drug-likeness (QED) is 0.603. The first kappa shape index (κ1) is 19.6. The average Bonchev–Trinajstić information content (AvgIpc) is 2.42. The molecule has 0 aliphatic rings. The van der Waals surface area contributed by atoms with E-state index in [1.54, 1.807) is 19.9 Å². The molecule has 22 heavy (non-hydrogen) atoms. The average molecular weight is 307 g/mol. The minimum Gasteiger partial charge on any atom is -0.268 e. The lowest BCUT2D eigenvalue weighted by Gasteiger charge is -2.21. The Kier molecular flexibility index (Phi) is 9.25. The zero-order valence-corrected chi connectivity index (χ0v) is 13.9. The van der Waals surface area contributed by atoms with Gasteiger partial charge in [-0.2, -0.15) is 5.12 Å². The van der Waals surface area contributed by atoms with Crippen molar-refractivity contribution in [3.63, 3.8) is 0 Å². The first-order valence-corrected chi connectivity index (χ1v) is 7.24. The maximum Gasteiger partial charge on any atom is 0.284 e. The summed E-state index contributed by atoms with van der Waals surface area (Å²) in [4.78, 5) is 35.5. The minimum absolute atomic E-state index is 0.477. The zero-order chi connectivity index (χ0) is 17.1. The summed E-state index contributed by atoms with van der Waals surface area (Å²) in [6.07, 6.45) is 7.05. The number of nitrogens with zero attached hydrogens (tertiary/aromatic N) is 1. The zero-order valence-electron chi connectivity index (χ0n) is 13.9. The summed E-state index contributed by atoms with van der Waals surface area (Å²) in [6, 6.07) is 0. The van der Waals surface area contributed by atoms with Gasteiger partial charge >= 0.3 is 0 Å². The molecule has 0 aromatic carbocycles. The number of hydrogen-bond donors (Lipinski definition) is 2. The van der Waals surface area contributed by atoms with Gasteiger partial charge in [-0.15, -0.1) is 0 Å². The van der Waals surface area contributed by atoms with Gasteiger partial charge in [0.05, 0.1) is 0 Å². The second-order valence-corrected chi connectivity index (χ2v) is 5.00. The summed E-state index contributed by atoms with van der Waals surface area (Å²) in [5.41, 5.74) is 6.33. The molecule has 0 spiro atoms. The van der Waals surface area contributed by atoms with Gasteiger partial charge in [-0.25, -0.2) is 10.9 Å². The Morgan fingerprint density at radius 1 is 0.955 bits per heavy atom. The van der Waals surface area contributed by atoms with Crippen LogP contribution in [-0.4, -0.2) is 22.8 Å². The van der Waals surface area contributed by atoms with Crippen molar-refractivity contribution >= 4 is 17.7 Å². The van der Waals surface area contributed by atoms with Crippen LogP contribution in [0, 0.1) is 0 Å². The third-order valence-corrected chi connectivity index (χ3v) is 2.52. The van der Waals surface area contributed by atoms with E-state index in [1.807, 2.05) is 20.8 Å². The number of amides is 3. The van der Waals surface area contributed by atoms with Crippen molar-refractivity contribution in [2.45, 2.75) is 47.5 Å². The Labute approximate surface area is 131 Å². The number of allylic oxidation sites excluding steroid dienone is 3. The van der Waals surface area contributed by atoms with Gasteiger partial charge in [-0.1, -0.05) is 31.1 Å². The summed E-state index contributed by atoms with van der Waals surface area (Å²) < 4.78 is 0. The fourth-order valence-electron chi connectivity index (χ4n) is 1.30. The summed E-state index contributed by atoms with van der Waals surface area (Å²) in [5.74, 6) is -1.50. The van der Waals surface area contributed by atoms with Crippen LogP contribution in [0.2, 0.25) is 0 Å². The van der Waals surface area contributed by atoms with Crippen molar-refractivity contribution in [3.8, 4) is 0 Å². The number of hydrazine groups is 2. The number of rotatable bonds is 5. The van der Waals surface area contributed by atoms with E-state index in [0.717, 1.165) is 22.7 Å². The number of hydrogen-bond acceptors (Lipinski definition) is 3. The Hall–Kier alpha value is -2.37. The fraction of sp³-hybridized carbons (Fsp3) is 0.438. The van der Waals surface area contributed by atoms with Gasteiger partial charge in [0.1, 0.15) is 0 Å². The first-order chi connectivity index (χ1) is 10.3. The van der Waals surface area contributed by atoms with E-state index < -0.39 is 17.7 Å². The highest BCUT2D eigenvalue weighted by Crippen LogP contribution is 1.97. The number of carbonyl (C=O) groups is 3. The summed E-state index contributed by atoms with van der Waals surface area (Å²) in [5, 5.41) is 0.787. The smallest absolute Gasteiger partial charge is 0.268 e. The van der Waals surface area contributed by atoms with E-state index in [1.165, 1.54) is 18.2 Å². The predicted octanol–water partition coefficient (Wildman–Crippen LogP) is 2.17. The molecule has 0 aromatic rings. The van der Waals surface area contributed by atoms with Gasteiger partial charge in [0, 0.05) is 18.2 Å². The Morgan fingerprint density at radius 3 is 1.95 bits per heavy atom. The van der Waals surface area contributed by atoms with Crippen molar-refractivity contribution in [3.05, 3.63) is 35.5 Å². The fourth-order valence-corrected chi connectivity index (χ4v) is 1.30. The van der Waals surface area contributed by atoms with Crippen molar-refractivity contribution in [2.75, 3.05) is 0 Å². The lowest BCUT2D eigenvalue weighted by atomic mass is 10.2. The molecule has 6 heteroatoms. The molecular formula is C16H25N3O3. The third-order valence-electron chi connectivity index (χ3n) is 2.52. The van der Waals surface area contributed by atoms with Crippen LogP contribution in [0.25, 0.3) is 0 Å². The van der Waals surface area contributed by atoms with Gasteiger partial charge in [0.15, 0.2) is 0 Å². The van der Waals surface area contributed by atoms with Gasteiger partial charge in [0.25, 0.3) is 17.7 Å². The molecule has 0 saturated carbocycles.